The SMILES string of the molecule is CCC(c1ccccc1)C(NN)c1ccc(C)cc1C. The molecule has 2 aromatic rings. The van der Waals surface area contributed by atoms with E-state index in [0.29, 0.717) is 5.92 Å². The fourth-order valence-corrected chi connectivity index (χ4v) is 2.96. The van der Waals surface area contributed by atoms with Crippen LogP contribution in [0.4, 0.5) is 0 Å². The average Bonchev–Trinajstić information content (AvgIpc) is 2.46. The third-order valence-electron chi connectivity index (χ3n) is 4.01. The third-order valence-corrected chi connectivity index (χ3v) is 4.01. The first kappa shape index (κ1) is 14.8. The van der Waals surface area contributed by atoms with Gasteiger partial charge < -0.3 is 0 Å². The molecule has 0 spiro atoms. The molecule has 0 fully saturated rings. The lowest BCUT2D eigenvalue weighted by Crippen LogP contribution is -2.33. The largest absolute Gasteiger partial charge is 0.271 e. The van der Waals surface area contributed by atoms with Gasteiger partial charge in [0.05, 0.1) is 6.04 Å². The van der Waals surface area contributed by atoms with E-state index >= 15 is 0 Å². The van der Waals surface area contributed by atoms with Gasteiger partial charge in [-0.05, 0) is 37.0 Å². The first-order valence-corrected chi connectivity index (χ1v) is 7.25. The third kappa shape index (κ3) is 3.09. The Morgan fingerprint density at radius 2 is 1.75 bits per heavy atom. The monoisotopic (exact) mass is 268 g/mol. The van der Waals surface area contributed by atoms with E-state index in [2.05, 4.69) is 74.7 Å². The molecule has 2 rings (SSSR count). The molecular formula is C18H24N2. The quantitative estimate of drug-likeness (QED) is 0.635. The summed E-state index contributed by atoms with van der Waals surface area (Å²) in [5, 5.41) is 0. The maximum absolute atomic E-state index is 5.88. The molecule has 0 aliphatic rings. The van der Waals surface area contributed by atoms with E-state index in [1.54, 1.807) is 0 Å². The van der Waals surface area contributed by atoms with Gasteiger partial charge in [0.25, 0.3) is 0 Å². The number of aryl methyl sites for hydroxylation is 2. The number of benzene rings is 2. The van der Waals surface area contributed by atoms with Gasteiger partial charge in [-0.1, -0.05) is 61.0 Å². The van der Waals surface area contributed by atoms with Crippen molar-refractivity contribution in [3.8, 4) is 0 Å². The van der Waals surface area contributed by atoms with Gasteiger partial charge in [0.15, 0.2) is 0 Å². The Kier molecular flexibility index (Phi) is 4.94. The van der Waals surface area contributed by atoms with Crippen LogP contribution >= 0.6 is 0 Å². The maximum atomic E-state index is 5.88. The lowest BCUT2D eigenvalue weighted by Gasteiger charge is -2.28. The predicted molar refractivity (Wildman–Crippen MR) is 85.5 cm³/mol. The van der Waals surface area contributed by atoms with E-state index in [4.69, 9.17) is 5.84 Å². The molecule has 0 heterocycles. The molecule has 0 aromatic heterocycles. The summed E-state index contributed by atoms with van der Waals surface area (Å²) in [5.74, 6) is 6.25. The Morgan fingerprint density at radius 3 is 2.30 bits per heavy atom. The molecule has 0 bridgehead atoms. The first-order chi connectivity index (χ1) is 9.67. The summed E-state index contributed by atoms with van der Waals surface area (Å²) in [4.78, 5) is 0. The number of rotatable bonds is 5. The van der Waals surface area contributed by atoms with Crippen LogP contribution in [0.15, 0.2) is 48.5 Å². The van der Waals surface area contributed by atoms with Crippen LogP contribution in [-0.4, -0.2) is 0 Å². The minimum atomic E-state index is 0.142. The van der Waals surface area contributed by atoms with Crippen molar-refractivity contribution in [1.29, 1.82) is 0 Å². The summed E-state index contributed by atoms with van der Waals surface area (Å²) in [6, 6.07) is 17.3. The second-order valence-corrected chi connectivity index (χ2v) is 5.43. The van der Waals surface area contributed by atoms with Gasteiger partial charge in [-0.25, -0.2) is 0 Å². The number of nitrogens with two attached hydrogens (primary N) is 1. The van der Waals surface area contributed by atoms with Crippen LogP contribution in [0.25, 0.3) is 0 Å². The molecule has 2 nitrogen and oxygen atoms in total. The normalized spacial score (nSPS) is 14.0. The van der Waals surface area contributed by atoms with Crippen molar-refractivity contribution in [2.24, 2.45) is 5.84 Å². The molecule has 0 aliphatic heterocycles. The molecule has 2 unspecified atom stereocenters. The summed E-state index contributed by atoms with van der Waals surface area (Å²) >= 11 is 0. The summed E-state index contributed by atoms with van der Waals surface area (Å²) in [6.45, 7) is 6.49. The molecule has 0 saturated heterocycles. The van der Waals surface area contributed by atoms with Gasteiger partial charge >= 0.3 is 0 Å². The van der Waals surface area contributed by atoms with Gasteiger partial charge in [-0.15, -0.1) is 0 Å². The number of hydrazine groups is 1. The van der Waals surface area contributed by atoms with Crippen LogP contribution < -0.4 is 11.3 Å². The maximum Gasteiger partial charge on any atom is 0.0530 e. The highest BCUT2D eigenvalue weighted by Gasteiger charge is 2.23. The molecule has 20 heavy (non-hydrogen) atoms. The zero-order chi connectivity index (χ0) is 14.5. The lowest BCUT2D eigenvalue weighted by molar-refractivity contribution is 0.443. The molecule has 2 aromatic carbocycles. The van der Waals surface area contributed by atoms with Crippen molar-refractivity contribution < 1.29 is 0 Å². The Balaban J connectivity index is 2.39. The van der Waals surface area contributed by atoms with Crippen LogP contribution in [-0.2, 0) is 0 Å². The second-order valence-electron chi connectivity index (χ2n) is 5.43. The highest BCUT2D eigenvalue weighted by Crippen LogP contribution is 2.34. The summed E-state index contributed by atoms with van der Waals surface area (Å²) < 4.78 is 0. The minimum absolute atomic E-state index is 0.142. The lowest BCUT2D eigenvalue weighted by atomic mass is 9.83. The summed E-state index contributed by atoms with van der Waals surface area (Å²) in [6.07, 6.45) is 1.05. The highest BCUT2D eigenvalue weighted by atomic mass is 15.2. The van der Waals surface area contributed by atoms with Crippen molar-refractivity contribution in [3.63, 3.8) is 0 Å². The molecule has 2 heteroatoms. The second kappa shape index (κ2) is 6.69. The number of nitrogens with one attached hydrogen (secondary N) is 1. The smallest absolute Gasteiger partial charge is 0.0530 e. The standard InChI is InChI=1S/C18H24N2/c1-4-16(15-8-6-5-7-9-15)18(20-19)17-11-10-13(2)12-14(17)3/h5-12,16,18,20H,4,19H2,1-3H3. The molecule has 2 atom stereocenters. The predicted octanol–water partition coefficient (Wildman–Crippen LogP) is 4.00. The highest BCUT2D eigenvalue weighted by molar-refractivity contribution is 5.35. The van der Waals surface area contributed by atoms with Crippen LogP contribution in [0, 0.1) is 13.8 Å². The Hall–Kier alpha value is -1.64. The van der Waals surface area contributed by atoms with E-state index in [9.17, 15) is 0 Å². The molecule has 106 valence electrons. The van der Waals surface area contributed by atoms with E-state index in [-0.39, 0.29) is 6.04 Å². The minimum Gasteiger partial charge on any atom is -0.271 e. The van der Waals surface area contributed by atoms with Gasteiger partial charge in [0.2, 0.25) is 0 Å². The van der Waals surface area contributed by atoms with Crippen molar-refractivity contribution in [3.05, 3.63) is 70.8 Å². The topological polar surface area (TPSA) is 38.0 Å². The summed E-state index contributed by atoms with van der Waals surface area (Å²) in [7, 11) is 0. The van der Waals surface area contributed by atoms with Crippen LogP contribution in [0.5, 0.6) is 0 Å². The van der Waals surface area contributed by atoms with E-state index in [0.717, 1.165) is 6.42 Å². The van der Waals surface area contributed by atoms with Crippen molar-refractivity contribution in [2.75, 3.05) is 0 Å². The zero-order valence-corrected chi connectivity index (χ0v) is 12.6. The van der Waals surface area contributed by atoms with Crippen LogP contribution in [0.1, 0.15) is 47.6 Å². The van der Waals surface area contributed by atoms with E-state index in [1.165, 1.54) is 22.3 Å². The molecule has 0 radical (unpaired) electrons. The molecule has 3 N–H and O–H groups in total. The van der Waals surface area contributed by atoms with Gasteiger partial charge in [0, 0.05) is 5.92 Å². The van der Waals surface area contributed by atoms with Crippen molar-refractivity contribution >= 4 is 0 Å². The number of hydrogen-bond acceptors (Lipinski definition) is 2. The molecular weight excluding hydrogens is 244 g/mol. The van der Waals surface area contributed by atoms with E-state index < -0.39 is 0 Å². The fraction of sp³-hybridized carbons (Fsp3) is 0.333. The fourth-order valence-electron chi connectivity index (χ4n) is 2.96. The van der Waals surface area contributed by atoms with E-state index in [1.807, 2.05) is 0 Å². The van der Waals surface area contributed by atoms with Crippen LogP contribution in [0.2, 0.25) is 0 Å². The Bertz CT molecular complexity index is 549. The van der Waals surface area contributed by atoms with Gasteiger partial charge in [-0.2, -0.15) is 0 Å². The zero-order valence-electron chi connectivity index (χ0n) is 12.6. The van der Waals surface area contributed by atoms with Gasteiger partial charge in [0.1, 0.15) is 0 Å². The van der Waals surface area contributed by atoms with Crippen LogP contribution in [0.3, 0.4) is 0 Å². The van der Waals surface area contributed by atoms with Crippen molar-refractivity contribution in [2.45, 2.75) is 39.2 Å². The average molecular weight is 268 g/mol. The van der Waals surface area contributed by atoms with Crippen molar-refractivity contribution in [1.82, 2.24) is 5.43 Å². The summed E-state index contributed by atoms with van der Waals surface area (Å²) in [5.41, 5.74) is 8.23. The number of hydrogen-bond donors (Lipinski definition) is 2. The van der Waals surface area contributed by atoms with Gasteiger partial charge in [-0.3, -0.25) is 11.3 Å². The Labute approximate surface area is 122 Å². The Morgan fingerprint density at radius 1 is 1.05 bits per heavy atom. The molecule has 0 saturated carbocycles. The molecule has 0 aliphatic carbocycles. The first-order valence-electron chi connectivity index (χ1n) is 7.25. The molecule has 0 amide bonds.